The molecule has 0 aromatic heterocycles. The predicted molar refractivity (Wildman–Crippen MR) is 119 cm³/mol. The SMILES string of the molecule is CCCCNC(=O)[C@@H](CC)N(Cc1ccc(F)cc1)C(=O)Cc1cc(C)ccc1C. The van der Waals surface area contributed by atoms with Gasteiger partial charge < -0.3 is 10.2 Å². The summed E-state index contributed by atoms with van der Waals surface area (Å²) in [5, 5.41) is 2.96. The Morgan fingerprint density at radius 3 is 2.40 bits per heavy atom. The summed E-state index contributed by atoms with van der Waals surface area (Å²) < 4.78 is 13.3. The summed E-state index contributed by atoms with van der Waals surface area (Å²) in [5.41, 5.74) is 3.91. The molecule has 4 nitrogen and oxygen atoms in total. The third-order valence-electron chi connectivity index (χ3n) is 5.33. The molecule has 0 aliphatic heterocycles. The number of hydrogen-bond acceptors (Lipinski definition) is 2. The van der Waals surface area contributed by atoms with Crippen LogP contribution in [0, 0.1) is 19.7 Å². The normalized spacial score (nSPS) is 11.8. The average Bonchev–Trinajstić information content (AvgIpc) is 2.72. The van der Waals surface area contributed by atoms with Crippen LogP contribution in [0.4, 0.5) is 4.39 Å². The lowest BCUT2D eigenvalue weighted by Gasteiger charge is -2.31. The van der Waals surface area contributed by atoms with E-state index in [4.69, 9.17) is 0 Å². The van der Waals surface area contributed by atoms with Crippen LogP contribution in [0.25, 0.3) is 0 Å². The van der Waals surface area contributed by atoms with Crippen molar-refractivity contribution in [2.45, 2.75) is 66.0 Å². The van der Waals surface area contributed by atoms with Crippen molar-refractivity contribution >= 4 is 11.8 Å². The van der Waals surface area contributed by atoms with Crippen LogP contribution in [-0.4, -0.2) is 29.3 Å². The second-order valence-electron chi connectivity index (χ2n) is 7.82. The first-order chi connectivity index (χ1) is 14.3. The minimum absolute atomic E-state index is 0.106. The quantitative estimate of drug-likeness (QED) is 0.575. The predicted octanol–water partition coefficient (Wildman–Crippen LogP) is 4.71. The van der Waals surface area contributed by atoms with Crippen molar-refractivity contribution in [3.8, 4) is 0 Å². The maximum atomic E-state index is 13.4. The molecule has 0 aliphatic carbocycles. The van der Waals surface area contributed by atoms with E-state index in [0.717, 1.165) is 35.1 Å². The van der Waals surface area contributed by atoms with Crippen LogP contribution in [0.1, 0.15) is 55.4 Å². The van der Waals surface area contributed by atoms with Crippen molar-refractivity contribution in [1.82, 2.24) is 10.2 Å². The fourth-order valence-corrected chi connectivity index (χ4v) is 3.47. The van der Waals surface area contributed by atoms with E-state index in [9.17, 15) is 14.0 Å². The van der Waals surface area contributed by atoms with Gasteiger partial charge in [0.15, 0.2) is 0 Å². The molecular weight excluding hydrogens is 379 g/mol. The third-order valence-corrected chi connectivity index (χ3v) is 5.33. The van der Waals surface area contributed by atoms with E-state index < -0.39 is 6.04 Å². The third kappa shape index (κ3) is 6.68. The zero-order chi connectivity index (χ0) is 22.1. The van der Waals surface area contributed by atoms with Gasteiger partial charge in [-0.25, -0.2) is 4.39 Å². The number of benzene rings is 2. The highest BCUT2D eigenvalue weighted by molar-refractivity contribution is 5.88. The number of aryl methyl sites for hydroxylation is 2. The molecule has 1 N–H and O–H groups in total. The Balaban J connectivity index is 2.28. The lowest BCUT2D eigenvalue weighted by Crippen LogP contribution is -2.49. The monoisotopic (exact) mass is 412 g/mol. The van der Waals surface area contributed by atoms with Crippen molar-refractivity contribution in [3.63, 3.8) is 0 Å². The zero-order valence-corrected chi connectivity index (χ0v) is 18.5. The molecule has 0 saturated carbocycles. The highest BCUT2D eigenvalue weighted by atomic mass is 19.1. The topological polar surface area (TPSA) is 49.4 Å². The van der Waals surface area contributed by atoms with Gasteiger partial charge in [0.25, 0.3) is 0 Å². The second kappa shape index (κ2) is 11.5. The van der Waals surface area contributed by atoms with E-state index in [-0.39, 0.29) is 30.6 Å². The van der Waals surface area contributed by atoms with Crippen molar-refractivity contribution in [2.24, 2.45) is 0 Å². The lowest BCUT2D eigenvalue weighted by molar-refractivity contribution is -0.140. The fourth-order valence-electron chi connectivity index (χ4n) is 3.47. The summed E-state index contributed by atoms with van der Waals surface area (Å²) in [6, 6.07) is 11.6. The zero-order valence-electron chi connectivity index (χ0n) is 18.5. The molecule has 5 heteroatoms. The van der Waals surface area contributed by atoms with E-state index in [1.165, 1.54) is 12.1 Å². The second-order valence-corrected chi connectivity index (χ2v) is 7.82. The van der Waals surface area contributed by atoms with Gasteiger partial charge in [0.2, 0.25) is 11.8 Å². The van der Waals surface area contributed by atoms with Crippen molar-refractivity contribution in [1.29, 1.82) is 0 Å². The molecule has 0 unspecified atom stereocenters. The first kappa shape index (κ1) is 23.6. The van der Waals surface area contributed by atoms with E-state index in [2.05, 4.69) is 12.2 Å². The Kier molecular flexibility index (Phi) is 9.03. The number of hydrogen-bond donors (Lipinski definition) is 1. The molecular formula is C25H33FN2O2. The summed E-state index contributed by atoms with van der Waals surface area (Å²) >= 11 is 0. The Bertz CT molecular complexity index is 849. The molecule has 0 radical (unpaired) electrons. The summed E-state index contributed by atoms with van der Waals surface area (Å²) in [7, 11) is 0. The summed E-state index contributed by atoms with van der Waals surface area (Å²) in [6.07, 6.45) is 2.63. The van der Waals surface area contributed by atoms with Gasteiger partial charge in [0, 0.05) is 13.1 Å². The number of unbranched alkanes of at least 4 members (excludes halogenated alkanes) is 1. The smallest absolute Gasteiger partial charge is 0.242 e. The van der Waals surface area contributed by atoms with Gasteiger partial charge in [-0.1, -0.05) is 56.2 Å². The minimum Gasteiger partial charge on any atom is -0.354 e. The first-order valence-electron chi connectivity index (χ1n) is 10.7. The van der Waals surface area contributed by atoms with Crippen molar-refractivity contribution < 1.29 is 14.0 Å². The van der Waals surface area contributed by atoms with Crippen molar-refractivity contribution in [2.75, 3.05) is 6.54 Å². The summed E-state index contributed by atoms with van der Waals surface area (Å²) in [5.74, 6) is -0.566. The van der Waals surface area contributed by atoms with Crippen LogP contribution in [0.2, 0.25) is 0 Å². The number of amides is 2. The average molecular weight is 413 g/mol. The molecule has 2 rings (SSSR count). The molecule has 162 valence electrons. The molecule has 0 saturated heterocycles. The Morgan fingerprint density at radius 1 is 1.07 bits per heavy atom. The molecule has 1 atom stereocenters. The highest BCUT2D eigenvalue weighted by Gasteiger charge is 2.28. The van der Waals surface area contributed by atoms with Gasteiger partial charge in [-0.05, 0) is 55.5 Å². The van der Waals surface area contributed by atoms with Crippen LogP contribution >= 0.6 is 0 Å². The Morgan fingerprint density at radius 2 is 1.77 bits per heavy atom. The molecule has 0 bridgehead atoms. The maximum absolute atomic E-state index is 13.4. The van der Waals surface area contributed by atoms with Gasteiger partial charge in [0.05, 0.1) is 6.42 Å². The number of rotatable bonds is 10. The maximum Gasteiger partial charge on any atom is 0.242 e. The summed E-state index contributed by atoms with van der Waals surface area (Å²) in [6.45, 7) is 8.83. The number of carbonyl (C=O) groups is 2. The molecule has 0 spiro atoms. The molecule has 2 amide bonds. The van der Waals surface area contributed by atoms with Gasteiger partial charge in [-0.3, -0.25) is 9.59 Å². The van der Waals surface area contributed by atoms with Crippen LogP contribution in [0.3, 0.4) is 0 Å². The number of nitrogens with zero attached hydrogens (tertiary/aromatic N) is 1. The number of carbonyl (C=O) groups excluding carboxylic acids is 2. The Labute approximate surface area is 179 Å². The van der Waals surface area contributed by atoms with Crippen LogP contribution in [0.15, 0.2) is 42.5 Å². The van der Waals surface area contributed by atoms with Crippen LogP contribution in [-0.2, 0) is 22.6 Å². The van der Waals surface area contributed by atoms with Crippen molar-refractivity contribution in [3.05, 3.63) is 70.5 Å². The fraction of sp³-hybridized carbons (Fsp3) is 0.440. The highest BCUT2D eigenvalue weighted by Crippen LogP contribution is 2.17. The largest absolute Gasteiger partial charge is 0.354 e. The van der Waals surface area contributed by atoms with Crippen LogP contribution in [0.5, 0.6) is 0 Å². The van der Waals surface area contributed by atoms with Gasteiger partial charge in [-0.15, -0.1) is 0 Å². The molecule has 0 aliphatic rings. The first-order valence-corrected chi connectivity index (χ1v) is 10.7. The molecule has 2 aromatic rings. The van der Waals surface area contributed by atoms with Gasteiger partial charge in [0.1, 0.15) is 11.9 Å². The van der Waals surface area contributed by atoms with E-state index >= 15 is 0 Å². The van der Waals surface area contributed by atoms with Crippen LogP contribution < -0.4 is 5.32 Å². The standard InChI is InChI=1S/C25H33FN2O2/c1-5-7-14-27-25(30)23(6-2)28(17-20-10-12-22(26)13-11-20)24(29)16-21-15-18(3)8-9-19(21)4/h8-13,15,23H,5-7,14,16-17H2,1-4H3,(H,27,30)/t23-/m1/s1. The summed E-state index contributed by atoms with van der Waals surface area (Å²) in [4.78, 5) is 27.8. The Hall–Kier alpha value is -2.69. The minimum atomic E-state index is -0.565. The molecule has 2 aromatic carbocycles. The lowest BCUT2D eigenvalue weighted by atomic mass is 10.0. The molecule has 0 heterocycles. The number of nitrogens with one attached hydrogen (secondary N) is 1. The van der Waals surface area contributed by atoms with E-state index in [0.29, 0.717) is 13.0 Å². The van der Waals surface area contributed by atoms with E-state index in [1.807, 2.05) is 39.0 Å². The molecule has 0 fully saturated rings. The molecule has 30 heavy (non-hydrogen) atoms. The number of halogens is 1. The van der Waals surface area contributed by atoms with E-state index in [1.54, 1.807) is 17.0 Å². The van der Waals surface area contributed by atoms with Gasteiger partial charge >= 0.3 is 0 Å². The van der Waals surface area contributed by atoms with Gasteiger partial charge in [-0.2, -0.15) is 0 Å².